The van der Waals surface area contributed by atoms with Crippen LogP contribution in [0.4, 0.5) is 11.5 Å². The van der Waals surface area contributed by atoms with E-state index in [1.807, 2.05) is 62.4 Å². The maximum atomic E-state index is 13.2. The fourth-order valence-electron chi connectivity index (χ4n) is 4.17. The maximum Gasteiger partial charge on any atom is 0.229 e. The number of anilines is 2. The molecule has 0 aliphatic rings. The van der Waals surface area contributed by atoms with Gasteiger partial charge in [-0.3, -0.25) is 14.1 Å². The summed E-state index contributed by atoms with van der Waals surface area (Å²) in [6.45, 7) is 9.79. The minimum Gasteiger partial charge on any atom is -0.496 e. The van der Waals surface area contributed by atoms with Crippen molar-refractivity contribution < 1.29 is 9.53 Å². The van der Waals surface area contributed by atoms with Crippen LogP contribution >= 0.6 is 0 Å². The molecule has 5 heteroatoms. The Bertz CT molecular complexity index is 1280. The smallest absolute Gasteiger partial charge is 0.229 e. The second kappa shape index (κ2) is 7.91. The van der Waals surface area contributed by atoms with Crippen LogP contribution in [-0.2, 0) is 4.79 Å². The van der Waals surface area contributed by atoms with Gasteiger partial charge in [0.25, 0.3) is 0 Å². The molecule has 2 aromatic carbocycles. The van der Waals surface area contributed by atoms with Crippen molar-refractivity contribution >= 4 is 23.1 Å². The normalized spacial score (nSPS) is 11.0. The summed E-state index contributed by atoms with van der Waals surface area (Å²) < 4.78 is 7.72. The summed E-state index contributed by atoms with van der Waals surface area (Å²) in [5.41, 5.74) is 7.46. The van der Waals surface area contributed by atoms with Crippen LogP contribution in [0.15, 0.2) is 54.6 Å². The standard InChI is InChI=1S/C26H27N3O2/c1-16-14-15-23-27-24(21-12-7-8-13-22(21)31-6)26(28(23)19(16)4)29(20(5)30)25-17(2)10-9-11-18(25)3/h7-15H,1-6H3. The molecule has 158 valence electrons. The van der Waals surface area contributed by atoms with E-state index in [0.717, 1.165) is 45.1 Å². The Labute approximate surface area is 182 Å². The second-order valence-corrected chi connectivity index (χ2v) is 7.87. The lowest BCUT2D eigenvalue weighted by atomic mass is 10.1. The summed E-state index contributed by atoms with van der Waals surface area (Å²) in [6.07, 6.45) is 0. The van der Waals surface area contributed by atoms with Crippen LogP contribution in [0, 0.1) is 27.7 Å². The minimum atomic E-state index is -0.0729. The fourth-order valence-corrected chi connectivity index (χ4v) is 4.17. The monoisotopic (exact) mass is 413 g/mol. The highest BCUT2D eigenvalue weighted by molar-refractivity contribution is 6.03. The summed E-state index contributed by atoms with van der Waals surface area (Å²) >= 11 is 0. The molecule has 0 fully saturated rings. The van der Waals surface area contributed by atoms with E-state index in [9.17, 15) is 4.79 Å². The number of nitrogens with zero attached hydrogens (tertiary/aromatic N) is 3. The average molecular weight is 414 g/mol. The predicted octanol–water partition coefficient (Wildman–Crippen LogP) is 5.93. The molecule has 4 rings (SSSR count). The zero-order valence-electron chi connectivity index (χ0n) is 18.9. The quantitative estimate of drug-likeness (QED) is 0.417. The highest BCUT2D eigenvalue weighted by Gasteiger charge is 2.28. The third-order valence-corrected chi connectivity index (χ3v) is 5.82. The summed E-state index contributed by atoms with van der Waals surface area (Å²) in [6, 6.07) is 17.9. The van der Waals surface area contributed by atoms with Gasteiger partial charge >= 0.3 is 0 Å². The summed E-state index contributed by atoms with van der Waals surface area (Å²) in [5.74, 6) is 1.37. The Morgan fingerprint density at radius 2 is 1.58 bits per heavy atom. The van der Waals surface area contributed by atoms with Crippen LogP contribution in [-0.4, -0.2) is 22.4 Å². The Morgan fingerprint density at radius 1 is 0.903 bits per heavy atom. The number of methoxy groups -OCH3 is 1. The number of rotatable bonds is 4. The van der Waals surface area contributed by atoms with E-state index in [0.29, 0.717) is 11.4 Å². The van der Waals surface area contributed by atoms with E-state index < -0.39 is 0 Å². The fraction of sp³-hybridized carbons (Fsp3) is 0.231. The van der Waals surface area contributed by atoms with Crippen LogP contribution < -0.4 is 9.64 Å². The van der Waals surface area contributed by atoms with E-state index in [1.165, 1.54) is 0 Å². The van der Waals surface area contributed by atoms with Gasteiger partial charge in [0.05, 0.1) is 12.8 Å². The zero-order chi connectivity index (χ0) is 22.3. The van der Waals surface area contributed by atoms with Gasteiger partial charge in [0.2, 0.25) is 5.91 Å². The SMILES string of the molecule is COc1ccccc1-c1nc2ccc(C)c(C)n2c1N(C(C)=O)c1c(C)cccc1C. The first-order valence-electron chi connectivity index (χ1n) is 10.3. The largest absolute Gasteiger partial charge is 0.496 e. The first-order chi connectivity index (χ1) is 14.8. The molecule has 2 aromatic heterocycles. The zero-order valence-corrected chi connectivity index (χ0v) is 18.9. The van der Waals surface area contributed by atoms with Crippen LogP contribution in [0.1, 0.15) is 29.3 Å². The number of para-hydroxylation sites is 2. The molecule has 2 heterocycles. The number of carbonyl (C=O) groups excluding carboxylic acids is 1. The molecule has 1 amide bonds. The molecule has 0 aliphatic heterocycles. The molecule has 0 atom stereocenters. The van der Waals surface area contributed by atoms with E-state index in [1.54, 1.807) is 18.9 Å². The summed E-state index contributed by atoms with van der Waals surface area (Å²) in [4.78, 5) is 19.9. The molecule has 4 aromatic rings. The van der Waals surface area contributed by atoms with Crippen molar-refractivity contribution in [1.29, 1.82) is 0 Å². The molecule has 0 spiro atoms. The average Bonchev–Trinajstić information content (AvgIpc) is 3.12. The molecule has 0 radical (unpaired) electrons. The Morgan fingerprint density at radius 3 is 2.23 bits per heavy atom. The minimum absolute atomic E-state index is 0.0729. The van der Waals surface area contributed by atoms with Crippen molar-refractivity contribution in [1.82, 2.24) is 9.38 Å². The third kappa shape index (κ3) is 3.36. The van der Waals surface area contributed by atoms with Gasteiger partial charge in [-0.25, -0.2) is 4.98 Å². The maximum absolute atomic E-state index is 13.2. The highest BCUT2D eigenvalue weighted by Crippen LogP contribution is 2.42. The van der Waals surface area contributed by atoms with E-state index >= 15 is 0 Å². The lowest BCUT2D eigenvalue weighted by Crippen LogP contribution is -2.26. The van der Waals surface area contributed by atoms with Crippen molar-refractivity contribution in [2.45, 2.75) is 34.6 Å². The third-order valence-electron chi connectivity index (χ3n) is 5.82. The number of aromatic nitrogens is 2. The van der Waals surface area contributed by atoms with E-state index in [2.05, 4.69) is 24.3 Å². The van der Waals surface area contributed by atoms with Crippen molar-refractivity contribution in [3.05, 3.63) is 77.0 Å². The van der Waals surface area contributed by atoms with Gasteiger partial charge in [-0.15, -0.1) is 0 Å². The highest BCUT2D eigenvalue weighted by atomic mass is 16.5. The van der Waals surface area contributed by atoms with Crippen molar-refractivity contribution in [2.24, 2.45) is 0 Å². The van der Waals surface area contributed by atoms with Crippen molar-refractivity contribution in [2.75, 3.05) is 12.0 Å². The first kappa shape index (κ1) is 20.7. The second-order valence-electron chi connectivity index (χ2n) is 7.87. The van der Waals surface area contributed by atoms with Gasteiger partial charge in [-0.1, -0.05) is 36.4 Å². The van der Waals surface area contributed by atoms with Gasteiger partial charge in [0, 0.05) is 18.2 Å². The Balaban J connectivity index is 2.17. The lowest BCUT2D eigenvalue weighted by Gasteiger charge is -2.26. The predicted molar refractivity (Wildman–Crippen MR) is 125 cm³/mol. The summed E-state index contributed by atoms with van der Waals surface area (Å²) in [7, 11) is 1.65. The molecular formula is C26H27N3O2. The number of fused-ring (bicyclic) bond motifs is 1. The number of pyridine rings is 1. The molecule has 0 saturated carbocycles. The van der Waals surface area contributed by atoms with Crippen LogP contribution in [0.5, 0.6) is 5.75 Å². The van der Waals surface area contributed by atoms with Gasteiger partial charge in [0.1, 0.15) is 17.1 Å². The van der Waals surface area contributed by atoms with Gasteiger partial charge in [0.15, 0.2) is 5.82 Å². The number of amides is 1. The van der Waals surface area contributed by atoms with Crippen molar-refractivity contribution in [3.63, 3.8) is 0 Å². The molecule has 0 bridgehead atoms. The van der Waals surface area contributed by atoms with Gasteiger partial charge in [-0.05, 0) is 62.6 Å². The van der Waals surface area contributed by atoms with E-state index in [-0.39, 0.29) is 5.91 Å². The number of aryl methyl sites for hydroxylation is 4. The van der Waals surface area contributed by atoms with Gasteiger partial charge < -0.3 is 4.74 Å². The number of ether oxygens (including phenoxy) is 1. The number of imidazole rings is 1. The Kier molecular flexibility index (Phi) is 5.27. The first-order valence-corrected chi connectivity index (χ1v) is 10.3. The topological polar surface area (TPSA) is 46.8 Å². The molecule has 31 heavy (non-hydrogen) atoms. The Hall–Kier alpha value is -3.60. The van der Waals surface area contributed by atoms with Crippen molar-refractivity contribution in [3.8, 4) is 17.0 Å². The molecule has 5 nitrogen and oxygen atoms in total. The number of benzene rings is 2. The number of hydrogen-bond donors (Lipinski definition) is 0. The molecular weight excluding hydrogens is 386 g/mol. The van der Waals surface area contributed by atoms with Gasteiger partial charge in [-0.2, -0.15) is 0 Å². The lowest BCUT2D eigenvalue weighted by molar-refractivity contribution is -0.115. The molecule has 0 N–H and O–H groups in total. The van der Waals surface area contributed by atoms with E-state index in [4.69, 9.17) is 9.72 Å². The molecule has 0 aliphatic carbocycles. The number of hydrogen-bond acceptors (Lipinski definition) is 3. The molecule has 0 unspecified atom stereocenters. The van der Waals surface area contributed by atoms with Crippen LogP contribution in [0.3, 0.4) is 0 Å². The summed E-state index contributed by atoms with van der Waals surface area (Å²) in [5, 5.41) is 0. The molecule has 0 saturated heterocycles. The van der Waals surface area contributed by atoms with Crippen LogP contribution in [0.2, 0.25) is 0 Å². The number of carbonyl (C=O) groups is 1. The van der Waals surface area contributed by atoms with Crippen LogP contribution in [0.25, 0.3) is 16.9 Å².